The highest BCUT2D eigenvalue weighted by Crippen LogP contribution is 2.43. The van der Waals surface area contributed by atoms with Crippen molar-refractivity contribution in [2.75, 3.05) is 40.9 Å². The minimum absolute atomic E-state index is 0.0537. The summed E-state index contributed by atoms with van der Waals surface area (Å²) in [5.41, 5.74) is 0. The molecule has 0 rings (SSSR count). The molecule has 0 fully saturated rings. The molecule has 0 aliphatic heterocycles. The second-order valence-corrected chi connectivity index (χ2v) is 24.9. The van der Waals surface area contributed by atoms with E-state index < -0.39 is 20.0 Å². The van der Waals surface area contributed by atoms with Crippen LogP contribution in [0.5, 0.6) is 0 Å². The number of nitrogens with one attached hydrogen (secondary N) is 1. The summed E-state index contributed by atoms with van der Waals surface area (Å²) in [6.07, 6.45) is 81.8. The standard InChI is InChI=1S/C68H127N2O6P/c1-6-8-10-12-14-16-18-20-22-24-26-28-30-32-33-34-35-36-38-39-41-43-45-47-49-51-53-55-57-59-61-67(71)66(65-76-77(73,74)75-64-63-70(3,4)5)69-68(72)62-60-58-56-54-52-50-48-46-44-42-40-37-31-29-27-25-23-21-19-17-15-13-11-9-7-2/h9,11,15,17,21,23,27,29,51,53,59,61,66-67,71H,6-8,10,12-14,16,18-20,22,24-26,28,30-50,52,54-58,60,62-65H2,1-5H3,(H-,69,72,73,74)/p+1/b11-9-,17-15-,23-21-,29-27-,53-51+,61-59+. The Balaban J connectivity index is 4.15. The second-order valence-electron chi connectivity index (χ2n) is 23.5. The lowest BCUT2D eigenvalue weighted by molar-refractivity contribution is -0.870. The van der Waals surface area contributed by atoms with Crippen molar-refractivity contribution in [1.29, 1.82) is 0 Å². The number of unbranched alkanes of at least 4 members (excludes halogenated alkanes) is 37. The largest absolute Gasteiger partial charge is 0.472 e. The summed E-state index contributed by atoms with van der Waals surface area (Å²) in [7, 11) is 1.55. The van der Waals surface area contributed by atoms with Gasteiger partial charge in [-0.3, -0.25) is 13.8 Å². The van der Waals surface area contributed by atoms with Crippen LogP contribution in [-0.4, -0.2) is 73.4 Å². The maximum absolute atomic E-state index is 13.0. The Morgan fingerprint density at radius 1 is 0.455 bits per heavy atom. The number of aliphatic hydroxyl groups excluding tert-OH is 1. The molecule has 3 unspecified atom stereocenters. The zero-order valence-electron chi connectivity index (χ0n) is 51.4. The van der Waals surface area contributed by atoms with Crippen LogP contribution < -0.4 is 5.32 Å². The summed E-state index contributed by atoms with van der Waals surface area (Å²) in [5.74, 6) is -0.188. The minimum Gasteiger partial charge on any atom is -0.387 e. The van der Waals surface area contributed by atoms with Gasteiger partial charge in [0.25, 0.3) is 0 Å². The highest BCUT2D eigenvalue weighted by atomic mass is 31.2. The van der Waals surface area contributed by atoms with Gasteiger partial charge in [0.2, 0.25) is 5.91 Å². The third-order valence-electron chi connectivity index (χ3n) is 14.7. The number of aliphatic hydroxyl groups is 1. The third-order valence-corrected chi connectivity index (χ3v) is 15.6. The molecule has 0 aromatic rings. The third kappa shape index (κ3) is 61.4. The molecular weight excluding hydrogens is 972 g/mol. The Morgan fingerprint density at radius 3 is 1.19 bits per heavy atom. The summed E-state index contributed by atoms with van der Waals surface area (Å²) < 4.78 is 23.8. The number of amides is 1. The van der Waals surface area contributed by atoms with E-state index in [1.54, 1.807) is 6.08 Å². The van der Waals surface area contributed by atoms with Crippen LogP contribution in [0.4, 0.5) is 0 Å². The van der Waals surface area contributed by atoms with Crippen molar-refractivity contribution in [3.63, 3.8) is 0 Å². The van der Waals surface area contributed by atoms with E-state index in [1.807, 2.05) is 27.2 Å². The predicted molar refractivity (Wildman–Crippen MR) is 337 cm³/mol. The van der Waals surface area contributed by atoms with Gasteiger partial charge < -0.3 is 19.8 Å². The Labute approximate surface area is 478 Å². The van der Waals surface area contributed by atoms with Crippen LogP contribution in [0.2, 0.25) is 0 Å². The molecule has 0 aromatic heterocycles. The van der Waals surface area contributed by atoms with Gasteiger partial charge in [0, 0.05) is 6.42 Å². The smallest absolute Gasteiger partial charge is 0.387 e. The predicted octanol–water partition coefficient (Wildman–Crippen LogP) is 20.6. The molecule has 0 spiro atoms. The molecule has 9 heteroatoms. The zero-order valence-corrected chi connectivity index (χ0v) is 52.3. The molecule has 0 bridgehead atoms. The number of hydrogen-bond acceptors (Lipinski definition) is 5. The Morgan fingerprint density at radius 2 is 0.792 bits per heavy atom. The van der Waals surface area contributed by atoms with Crippen LogP contribution in [-0.2, 0) is 18.4 Å². The number of quaternary nitrogens is 1. The number of rotatable bonds is 60. The van der Waals surface area contributed by atoms with E-state index in [4.69, 9.17) is 9.05 Å². The first-order chi connectivity index (χ1) is 37.5. The summed E-state index contributed by atoms with van der Waals surface area (Å²) >= 11 is 0. The van der Waals surface area contributed by atoms with Gasteiger partial charge in [0.1, 0.15) is 13.2 Å². The first kappa shape index (κ1) is 74.9. The fraction of sp³-hybridized carbons (Fsp3) is 0.809. The van der Waals surface area contributed by atoms with Crippen LogP contribution in [0.15, 0.2) is 72.9 Å². The molecule has 0 aliphatic rings. The molecule has 450 valence electrons. The van der Waals surface area contributed by atoms with Gasteiger partial charge in [-0.25, -0.2) is 4.57 Å². The van der Waals surface area contributed by atoms with Gasteiger partial charge in [-0.2, -0.15) is 0 Å². The molecule has 0 heterocycles. The number of carbonyl (C=O) groups excluding carboxylic acids is 1. The highest BCUT2D eigenvalue weighted by Gasteiger charge is 2.27. The average Bonchev–Trinajstić information content (AvgIpc) is 3.39. The van der Waals surface area contributed by atoms with E-state index in [-0.39, 0.29) is 19.1 Å². The van der Waals surface area contributed by atoms with Crippen molar-refractivity contribution in [3.8, 4) is 0 Å². The summed E-state index contributed by atoms with van der Waals surface area (Å²) in [5, 5.41) is 14.0. The molecule has 8 nitrogen and oxygen atoms in total. The fourth-order valence-corrected chi connectivity index (χ4v) is 10.3. The lowest BCUT2D eigenvalue weighted by Crippen LogP contribution is -2.45. The lowest BCUT2D eigenvalue weighted by Gasteiger charge is -2.25. The molecule has 1 amide bonds. The molecule has 77 heavy (non-hydrogen) atoms. The van der Waals surface area contributed by atoms with Crippen molar-refractivity contribution in [1.82, 2.24) is 5.32 Å². The summed E-state index contributed by atoms with van der Waals surface area (Å²) in [4.78, 5) is 23.4. The molecule has 3 atom stereocenters. The normalized spacial score (nSPS) is 14.2. The van der Waals surface area contributed by atoms with Crippen LogP contribution in [0.3, 0.4) is 0 Å². The maximum Gasteiger partial charge on any atom is 0.472 e. The topological polar surface area (TPSA) is 105 Å². The van der Waals surface area contributed by atoms with E-state index in [9.17, 15) is 19.4 Å². The van der Waals surface area contributed by atoms with E-state index in [0.29, 0.717) is 17.4 Å². The van der Waals surface area contributed by atoms with Crippen LogP contribution in [0, 0.1) is 0 Å². The van der Waals surface area contributed by atoms with E-state index in [1.165, 1.54) is 218 Å². The van der Waals surface area contributed by atoms with Gasteiger partial charge in [-0.1, -0.05) is 299 Å². The van der Waals surface area contributed by atoms with E-state index >= 15 is 0 Å². The first-order valence-electron chi connectivity index (χ1n) is 32.8. The number of allylic oxidation sites excluding steroid dienone is 11. The Hall–Kier alpha value is -2.06. The molecule has 0 saturated heterocycles. The summed E-state index contributed by atoms with van der Waals surface area (Å²) in [6, 6.07) is -0.870. The molecule has 3 N–H and O–H groups in total. The van der Waals surface area contributed by atoms with Crippen LogP contribution in [0.1, 0.15) is 303 Å². The quantitative estimate of drug-likeness (QED) is 0.0243. The monoisotopic (exact) mass is 1100 g/mol. The van der Waals surface area contributed by atoms with Crippen LogP contribution in [0.25, 0.3) is 0 Å². The molecule has 0 saturated carbocycles. The highest BCUT2D eigenvalue weighted by molar-refractivity contribution is 7.47. The number of nitrogens with zero attached hydrogens (tertiary/aromatic N) is 1. The zero-order chi connectivity index (χ0) is 56.3. The van der Waals surface area contributed by atoms with Crippen molar-refractivity contribution < 1.29 is 32.9 Å². The Bertz CT molecular complexity index is 1480. The minimum atomic E-state index is -4.36. The van der Waals surface area contributed by atoms with Crippen molar-refractivity contribution in [2.45, 2.75) is 315 Å². The van der Waals surface area contributed by atoms with E-state index in [0.717, 1.165) is 64.2 Å². The number of phosphoric ester groups is 1. The lowest BCUT2D eigenvalue weighted by atomic mass is 10.0. The molecule has 0 radical (unpaired) electrons. The van der Waals surface area contributed by atoms with Gasteiger partial charge in [0.15, 0.2) is 0 Å². The number of carbonyl (C=O) groups is 1. The molecular formula is C68H128N2O6P+. The van der Waals surface area contributed by atoms with Crippen molar-refractivity contribution in [2.24, 2.45) is 0 Å². The van der Waals surface area contributed by atoms with E-state index in [2.05, 4.69) is 79.9 Å². The van der Waals surface area contributed by atoms with Gasteiger partial charge >= 0.3 is 7.82 Å². The molecule has 0 aromatic carbocycles. The average molecular weight is 1100 g/mol. The number of hydrogen-bond donors (Lipinski definition) is 3. The summed E-state index contributed by atoms with van der Waals surface area (Å²) in [6.45, 7) is 4.71. The van der Waals surface area contributed by atoms with Crippen molar-refractivity contribution in [3.05, 3.63) is 72.9 Å². The van der Waals surface area contributed by atoms with Crippen molar-refractivity contribution >= 4 is 13.7 Å². The van der Waals surface area contributed by atoms with Gasteiger partial charge in [-0.15, -0.1) is 0 Å². The second kappa shape index (κ2) is 58.6. The number of phosphoric acid groups is 1. The van der Waals surface area contributed by atoms with Gasteiger partial charge in [0.05, 0.1) is 39.9 Å². The molecule has 0 aliphatic carbocycles. The number of likely N-dealkylation sites (N-methyl/N-ethyl adjacent to an activating group) is 1. The first-order valence-corrected chi connectivity index (χ1v) is 34.3. The van der Waals surface area contributed by atoms with Crippen LogP contribution >= 0.6 is 7.82 Å². The fourth-order valence-electron chi connectivity index (χ4n) is 9.58. The van der Waals surface area contributed by atoms with Gasteiger partial charge in [-0.05, 0) is 70.6 Å². The SMILES string of the molecule is CC/C=C\C/C=C\C/C=C\C/C=C\CCCCCCCCCCCCCCC(=O)NC(COP(=O)(O)OCC[N+](C)(C)C)C(O)/C=C/CC/C=C/CCCCCCCCCCCCCCCCCCCCCCCCCC. The Kier molecular flexibility index (Phi) is 57.0. The maximum atomic E-state index is 13.0.